The van der Waals surface area contributed by atoms with Crippen molar-refractivity contribution in [1.82, 2.24) is 10.3 Å². The Morgan fingerprint density at radius 3 is 2.48 bits per heavy atom. The summed E-state index contributed by atoms with van der Waals surface area (Å²) in [7, 11) is 0. The topological polar surface area (TPSA) is 24.9 Å². The van der Waals surface area contributed by atoms with Crippen LogP contribution in [0.25, 0.3) is 0 Å². The van der Waals surface area contributed by atoms with Gasteiger partial charge in [-0.1, -0.05) is 40.5 Å². The Morgan fingerprint density at radius 2 is 1.90 bits per heavy atom. The molecule has 0 bridgehead atoms. The third-order valence-electron chi connectivity index (χ3n) is 4.72. The van der Waals surface area contributed by atoms with Crippen LogP contribution in [-0.2, 0) is 6.54 Å². The quantitative estimate of drug-likeness (QED) is 0.724. The molecule has 21 heavy (non-hydrogen) atoms. The predicted octanol–water partition coefficient (Wildman–Crippen LogP) is 5.45. The van der Waals surface area contributed by atoms with E-state index in [4.69, 9.17) is 4.98 Å². The van der Waals surface area contributed by atoms with Gasteiger partial charge in [-0.05, 0) is 44.1 Å². The molecule has 0 radical (unpaired) electrons. The highest BCUT2D eigenvalue weighted by Gasteiger charge is 2.25. The Hall–Kier alpha value is -0.410. The summed E-state index contributed by atoms with van der Waals surface area (Å²) in [4.78, 5) is 6.51. The van der Waals surface area contributed by atoms with Crippen LogP contribution < -0.4 is 5.32 Å². The van der Waals surface area contributed by atoms with E-state index < -0.39 is 0 Å². The van der Waals surface area contributed by atoms with Gasteiger partial charge >= 0.3 is 0 Å². The van der Waals surface area contributed by atoms with Crippen LogP contribution in [0.3, 0.4) is 0 Å². The van der Waals surface area contributed by atoms with Gasteiger partial charge in [-0.2, -0.15) is 0 Å². The maximum atomic E-state index is 5.04. The molecule has 1 N–H and O–H groups in total. The largest absolute Gasteiger partial charge is 0.312 e. The van der Waals surface area contributed by atoms with E-state index in [0.29, 0.717) is 5.92 Å². The highest BCUT2D eigenvalue weighted by molar-refractivity contribution is 7.11. The number of hydrogen-bond donors (Lipinski definition) is 1. The second-order valence-corrected chi connectivity index (χ2v) is 7.92. The van der Waals surface area contributed by atoms with E-state index in [0.717, 1.165) is 24.9 Å². The van der Waals surface area contributed by atoms with Crippen LogP contribution in [0.5, 0.6) is 0 Å². The molecule has 0 amide bonds. The molecule has 0 unspecified atom stereocenters. The van der Waals surface area contributed by atoms with E-state index in [-0.39, 0.29) is 0 Å². The molecule has 1 aliphatic rings. The van der Waals surface area contributed by atoms with Crippen LogP contribution in [0, 0.1) is 5.92 Å². The summed E-state index contributed by atoms with van der Waals surface area (Å²) in [6, 6.07) is 0. The van der Waals surface area contributed by atoms with Gasteiger partial charge in [0.2, 0.25) is 0 Å². The van der Waals surface area contributed by atoms with Crippen LogP contribution >= 0.6 is 11.3 Å². The van der Waals surface area contributed by atoms with Crippen molar-refractivity contribution in [2.45, 2.75) is 84.6 Å². The lowest BCUT2D eigenvalue weighted by atomic mass is 9.80. The lowest BCUT2D eigenvalue weighted by Gasteiger charge is -2.27. The maximum Gasteiger partial charge on any atom is 0.0962 e. The zero-order chi connectivity index (χ0) is 15.2. The first-order chi connectivity index (χ1) is 10.2. The van der Waals surface area contributed by atoms with Crippen LogP contribution in [0.1, 0.15) is 93.6 Å². The zero-order valence-corrected chi connectivity index (χ0v) is 15.1. The standard InChI is InChI=1S/C18H32N2S/c1-5-7-14-8-10-15(11-9-14)18-20-17(13(3)4)16(21-18)12-19-6-2/h13-15,19H,5-12H2,1-4H3. The SMILES string of the molecule is CCCC1CCC(c2nc(C(C)C)c(CNCC)s2)CC1. The van der Waals surface area contributed by atoms with Crippen molar-refractivity contribution in [3.05, 3.63) is 15.6 Å². The molecule has 2 nitrogen and oxygen atoms in total. The predicted molar refractivity (Wildman–Crippen MR) is 93.2 cm³/mol. The lowest BCUT2D eigenvalue weighted by Crippen LogP contribution is -2.13. The third kappa shape index (κ3) is 4.53. The number of thiazole rings is 1. The summed E-state index contributed by atoms with van der Waals surface area (Å²) < 4.78 is 0. The summed E-state index contributed by atoms with van der Waals surface area (Å²) >= 11 is 1.98. The molecule has 0 aromatic carbocycles. The summed E-state index contributed by atoms with van der Waals surface area (Å²) in [6.07, 6.45) is 8.31. The van der Waals surface area contributed by atoms with E-state index in [1.165, 1.54) is 54.1 Å². The number of nitrogens with one attached hydrogen (secondary N) is 1. The minimum absolute atomic E-state index is 0.542. The van der Waals surface area contributed by atoms with Crippen LogP contribution in [0.4, 0.5) is 0 Å². The van der Waals surface area contributed by atoms with Crippen LogP contribution in [0.15, 0.2) is 0 Å². The Kier molecular flexibility index (Phi) is 6.69. The summed E-state index contributed by atoms with van der Waals surface area (Å²) in [5.41, 5.74) is 1.34. The Balaban J connectivity index is 2.03. The first-order valence-electron chi connectivity index (χ1n) is 8.85. The molecule has 120 valence electrons. The van der Waals surface area contributed by atoms with Gasteiger partial charge in [-0.15, -0.1) is 11.3 Å². The van der Waals surface area contributed by atoms with E-state index >= 15 is 0 Å². The number of nitrogens with zero attached hydrogens (tertiary/aromatic N) is 1. The van der Waals surface area contributed by atoms with Crippen LogP contribution in [0.2, 0.25) is 0 Å². The van der Waals surface area contributed by atoms with Gasteiger partial charge in [0.15, 0.2) is 0 Å². The van der Waals surface area contributed by atoms with Gasteiger partial charge in [-0.3, -0.25) is 0 Å². The first kappa shape index (κ1) is 17.0. The number of aromatic nitrogens is 1. The van der Waals surface area contributed by atoms with Crippen molar-refractivity contribution in [3.8, 4) is 0 Å². The Morgan fingerprint density at radius 1 is 1.19 bits per heavy atom. The molecule has 1 aliphatic carbocycles. The fraction of sp³-hybridized carbons (Fsp3) is 0.833. The van der Waals surface area contributed by atoms with Gasteiger partial charge in [0.1, 0.15) is 0 Å². The zero-order valence-electron chi connectivity index (χ0n) is 14.2. The van der Waals surface area contributed by atoms with Gasteiger partial charge in [-0.25, -0.2) is 4.98 Å². The molecule has 1 aromatic rings. The highest BCUT2D eigenvalue weighted by atomic mass is 32.1. The van der Waals surface area contributed by atoms with Gasteiger partial charge in [0.25, 0.3) is 0 Å². The average Bonchev–Trinajstić information content (AvgIpc) is 2.90. The Bertz CT molecular complexity index is 417. The minimum Gasteiger partial charge on any atom is -0.312 e. The fourth-order valence-corrected chi connectivity index (χ4v) is 4.84. The maximum absolute atomic E-state index is 5.04. The molecule has 0 saturated heterocycles. The normalized spacial score (nSPS) is 22.9. The monoisotopic (exact) mass is 308 g/mol. The molecular formula is C18H32N2S. The van der Waals surface area contributed by atoms with Crippen molar-refractivity contribution >= 4 is 11.3 Å². The molecule has 0 aliphatic heterocycles. The molecule has 1 aromatic heterocycles. The average molecular weight is 309 g/mol. The molecule has 1 heterocycles. The summed E-state index contributed by atoms with van der Waals surface area (Å²) in [5.74, 6) is 2.26. The van der Waals surface area contributed by atoms with Crippen molar-refractivity contribution in [2.75, 3.05) is 6.54 Å². The van der Waals surface area contributed by atoms with Crippen LogP contribution in [-0.4, -0.2) is 11.5 Å². The molecule has 3 heteroatoms. The minimum atomic E-state index is 0.542. The van der Waals surface area contributed by atoms with E-state index in [1.54, 1.807) is 0 Å². The lowest BCUT2D eigenvalue weighted by molar-refractivity contribution is 0.308. The molecule has 1 saturated carbocycles. The van der Waals surface area contributed by atoms with Crippen molar-refractivity contribution in [2.24, 2.45) is 5.92 Å². The van der Waals surface area contributed by atoms with Gasteiger partial charge in [0.05, 0.1) is 10.7 Å². The van der Waals surface area contributed by atoms with Gasteiger partial charge in [0, 0.05) is 17.3 Å². The first-order valence-corrected chi connectivity index (χ1v) is 9.67. The molecular weight excluding hydrogens is 276 g/mol. The number of rotatable bonds is 7. The number of hydrogen-bond acceptors (Lipinski definition) is 3. The van der Waals surface area contributed by atoms with E-state index in [9.17, 15) is 0 Å². The second kappa shape index (κ2) is 8.28. The highest BCUT2D eigenvalue weighted by Crippen LogP contribution is 2.40. The Labute approximate surface area is 134 Å². The smallest absolute Gasteiger partial charge is 0.0962 e. The van der Waals surface area contributed by atoms with Crippen molar-refractivity contribution in [1.29, 1.82) is 0 Å². The fourth-order valence-electron chi connectivity index (χ4n) is 3.48. The van der Waals surface area contributed by atoms with Crippen molar-refractivity contribution in [3.63, 3.8) is 0 Å². The molecule has 2 rings (SSSR count). The van der Waals surface area contributed by atoms with Gasteiger partial charge < -0.3 is 5.32 Å². The summed E-state index contributed by atoms with van der Waals surface area (Å²) in [6.45, 7) is 11.1. The van der Waals surface area contributed by atoms with E-state index in [1.807, 2.05) is 11.3 Å². The second-order valence-electron chi connectivity index (χ2n) is 6.80. The molecule has 1 fully saturated rings. The third-order valence-corrected chi connectivity index (χ3v) is 5.95. The van der Waals surface area contributed by atoms with E-state index in [2.05, 4.69) is 33.0 Å². The molecule has 0 atom stereocenters. The van der Waals surface area contributed by atoms with Crippen molar-refractivity contribution < 1.29 is 0 Å². The molecule has 0 spiro atoms. The summed E-state index contributed by atoms with van der Waals surface area (Å²) in [5, 5.41) is 4.89.